The molecule has 0 aromatic heterocycles. The first kappa shape index (κ1) is 25.9. The molecule has 0 radical (unpaired) electrons. The molecule has 2 nitrogen and oxygen atoms in total. The van der Waals surface area contributed by atoms with E-state index in [4.69, 9.17) is 4.74 Å². The molecule has 0 saturated carbocycles. The Labute approximate surface area is 140 Å². The van der Waals surface area contributed by atoms with E-state index in [0.29, 0.717) is 5.92 Å². The highest BCUT2D eigenvalue weighted by Gasteiger charge is 2.10. The van der Waals surface area contributed by atoms with Crippen molar-refractivity contribution in [3.8, 4) is 5.75 Å². The first-order chi connectivity index (χ1) is 10.7. The molecule has 0 aliphatic rings. The van der Waals surface area contributed by atoms with Gasteiger partial charge in [0.05, 0.1) is 7.11 Å². The topological polar surface area (TPSA) is 12.5 Å². The lowest BCUT2D eigenvalue weighted by molar-refractivity contribution is 0.377. The van der Waals surface area contributed by atoms with Crippen molar-refractivity contribution in [1.82, 2.24) is 4.90 Å². The Balaban J connectivity index is -0.000000535. The maximum Gasteiger partial charge on any atom is 0.119 e. The van der Waals surface area contributed by atoms with E-state index in [1.165, 1.54) is 18.4 Å². The first-order valence-electron chi connectivity index (χ1n) is 8.96. The van der Waals surface area contributed by atoms with Crippen molar-refractivity contribution in [3.63, 3.8) is 0 Å². The Morgan fingerprint density at radius 3 is 1.95 bits per heavy atom. The Morgan fingerprint density at radius 2 is 1.55 bits per heavy atom. The molecule has 1 rings (SSSR count). The van der Waals surface area contributed by atoms with Crippen molar-refractivity contribution >= 4 is 0 Å². The van der Waals surface area contributed by atoms with Crippen LogP contribution in [0, 0.1) is 0 Å². The van der Waals surface area contributed by atoms with Gasteiger partial charge in [-0.15, -0.1) is 0 Å². The fourth-order valence-corrected chi connectivity index (χ4v) is 1.92. The number of hydrogen-bond donors (Lipinski definition) is 0. The Bertz CT molecular complexity index is 310. The molecule has 0 spiro atoms. The molecule has 0 heterocycles. The smallest absolute Gasteiger partial charge is 0.119 e. The van der Waals surface area contributed by atoms with Crippen LogP contribution < -0.4 is 4.74 Å². The minimum atomic E-state index is 0.637. The lowest BCUT2D eigenvalue weighted by Crippen LogP contribution is -2.15. The van der Waals surface area contributed by atoms with Gasteiger partial charge in [0.25, 0.3) is 0 Å². The van der Waals surface area contributed by atoms with E-state index in [1.807, 2.05) is 47.6 Å². The number of nitrogens with zero attached hydrogens (tertiary/aromatic N) is 1. The Kier molecular flexibility index (Phi) is 23.5. The zero-order chi connectivity index (χ0) is 18.0. The molecular weight excluding hydrogens is 270 g/mol. The van der Waals surface area contributed by atoms with E-state index in [0.717, 1.165) is 12.3 Å². The monoisotopic (exact) mass is 311 g/mol. The summed E-state index contributed by atoms with van der Waals surface area (Å²) >= 11 is 0. The maximum absolute atomic E-state index is 5.26. The average Bonchev–Trinajstić information content (AvgIpc) is 2.61. The molecule has 2 heteroatoms. The molecule has 0 bridgehead atoms. The quantitative estimate of drug-likeness (QED) is 0.618. The number of hydrogen-bond acceptors (Lipinski definition) is 2. The molecule has 0 amide bonds. The van der Waals surface area contributed by atoms with Crippen molar-refractivity contribution in [2.75, 3.05) is 27.7 Å². The van der Waals surface area contributed by atoms with Gasteiger partial charge < -0.3 is 9.64 Å². The minimum absolute atomic E-state index is 0.637. The number of rotatable bonds is 6. The lowest BCUT2D eigenvalue weighted by atomic mass is 9.93. The van der Waals surface area contributed by atoms with Crippen LogP contribution in [-0.2, 0) is 0 Å². The molecular formula is C20H41NO. The van der Waals surface area contributed by atoms with Gasteiger partial charge in [-0.1, -0.05) is 60.6 Å². The minimum Gasteiger partial charge on any atom is -0.497 e. The van der Waals surface area contributed by atoms with Crippen molar-refractivity contribution in [1.29, 1.82) is 0 Å². The predicted molar refractivity (Wildman–Crippen MR) is 103 cm³/mol. The van der Waals surface area contributed by atoms with E-state index >= 15 is 0 Å². The van der Waals surface area contributed by atoms with Crippen LogP contribution in [0.4, 0.5) is 0 Å². The second kappa shape index (κ2) is 20.0. The highest BCUT2D eigenvalue weighted by atomic mass is 16.5. The van der Waals surface area contributed by atoms with Gasteiger partial charge in [-0.25, -0.2) is 0 Å². The van der Waals surface area contributed by atoms with Crippen LogP contribution in [0.25, 0.3) is 0 Å². The molecule has 1 unspecified atom stereocenters. The highest BCUT2D eigenvalue weighted by Crippen LogP contribution is 2.26. The molecule has 0 aliphatic carbocycles. The van der Waals surface area contributed by atoms with Crippen LogP contribution in [0.2, 0.25) is 0 Å². The van der Waals surface area contributed by atoms with Crippen LogP contribution in [0.5, 0.6) is 5.75 Å². The summed E-state index contributed by atoms with van der Waals surface area (Å²) in [5.74, 6) is 1.60. The molecule has 0 aliphatic heterocycles. The summed E-state index contributed by atoms with van der Waals surface area (Å²) < 4.78 is 5.26. The van der Waals surface area contributed by atoms with E-state index in [2.05, 4.69) is 44.1 Å². The fraction of sp³-hybridized carbons (Fsp3) is 0.700. The van der Waals surface area contributed by atoms with Gasteiger partial charge in [-0.3, -0.25) is 0 Å². The third kappa shape index (κ3) is 12.7. The normalized spacial score (nSPS) is 10.1. The van der Waals surface area contributed by atoms with Crippen LogP contribution in [-0.4, -0.2) is 32.6 Å². The van der Waals surface area contributed by atoms with Gasteiger partial charge in [0.1, 0.15) is 5.75 Å². The van der Waals surface area contributed by atoms with Gasteiger partial charge >= 0.3 is 0 Å². The molecule has 1 aromatic rings. The summed E-state index contributed by atoms with van der Waals surface area (Å²) in [4.78, 5) is 2.24. The van der Waals surface area contributed by atoms with Crippen LogP contribution in [0.3, 0.4) is 0 Å². The third-order valence-electron chi connectivity index (χ3n) is 2.98. The molecule has 132 valence electrons. The van der Waals surface area contributed by atoms with Gasteiger partial charge in [-0.05, 0) is 57.1 Å². The summed E-state index contributed by atoms with van der Waals surface area (Å²) in [5, 5.41) is 0. The van der Waals surface area contributed by atoms with E-state index in [1.54, 1.807) is 7.11 Å². The van der Waals surface area contributed by atoms with Crippen LogP contribution >= 0.6 is 0 Å². The van der Waals surface area contributed by atoms with Crippen molar-refractivity contribution < 1.29 is 4.74 Å². The van der Waals surface area contributed by atoms with E-state index in [-0.39, 0.29) is 0 Å². The second-order valence-corrected chi connectivity index (χ2v) is 4.47. The van der Waals surface area contributed by atoms with Crippen LogP contribution in [0.1, 0.15) is 72.8 Å². The maximum atomic E-state index is 5.26. The Hall–Kier alpha value is -1.02. The summed E-state index contributed by atoms with van der Waals surface area (Å²) in [6.45, 7) is 15.4. The van der Waals surface area contributed by atoms with Crippen LogP contribution in [0.15, 0.2) is 24.3 Å². The van der Waals surface area contributed by atoms with Gasteiger partial charge in [0, 0.05) is 0 Å². The number of methoxy groups -OCH3 is 1. The predicted octanol–water partition coefficient (Wildman–Crippen LogP) is 6.22. The Morgan fingerprint density at radius 1 is 1.00 bits per heavy atom. The summed E-state index contributed by atoms with van der Waals surface area (Å²) in [7, 11) is 5.97. The standard InChI is InChI=1S/C14H23NO.3C2H6/c1-5-12(9-10-15(2)3)13-7-6-8-14(11-13)16-4;3*1-2/h6-8,11-12H,5,9-10H2,1-4H3;3*1-2H3. The molecule has 0 N–H and O–H groups in total. The average molecular weight is 312 g/mol. The molecule has 0 fully saturated rings. The summed E-state index contributed by atoms with van der Waals surface area (Å²) in [5.41, 5.74) is 1.39. The SMILES string of the molecule is CC.CC.CC.CCC(CCN(C)C)c1cccc(OC)c1. The fourth-order valence-electron chi connectivity index (χ4n) is 1.92. The largest absolute Gasteiger partial charge is 0.497 e. The summed E-state index contributed by atoms with van der Waals surface area (Å²) in [6, 6.07) is 8.44. The first-order valence-corrected chi connectivity index (χ1v) is 8.96. The highest BCUT2D eigenvalue weighted by molar-refractivity contribution is 5.30. The van der Waals surface area contributed by atoms with Gasteiger partial charge in [0.2, 0.25) is 0 Å². The zero-order valence-electron chi connectivity index (χ0n) is 16.9. The van der Waals surface area contributed by atoms with Gasteiger partial charge in [-0.2, -0.15) is 0 Å². The molecule has 0 saturated heterocycles. The van der Waals surface area contributed by atoms with Crippen molar-refractivity contribution in [3.05, 3.63) is 29.8 Å². The molecule has 22 heavy (non-hydrogen) atoms. The molecule has 1 atom stereocenters. The summed E-state index contributed by atoms with van der Waals surface area (Å²) in [6.07, 6.45) is 2.39. The van der Waals surface area contributed by atoms with Crippen molar-refractivity contribution in [2.24, 2.45) is 0 Å². The number of ether oxygens (including phenoxy) is 1. The lowest BCUT2D eigenvalue weighted by Gasteiger charge is -2.18. The van der Waals surface area contributed by atoms with E-state index in [9.17, 15) is 0 Å². The molecule has 1 aromatic carbocycles. The zero-order valence-corrected chi connectivity index (χ0v) is 16.9. The third-order valence-corrected chi connectivity index (χ3v) is 2.98. The number of benzene rings is 1. The second-order valence-electron chi connectivity index (χ2n) is 4.47. The van der Waals surface area contributed by atoms with Gasteiger partial charge in [0.15, 0.2) is 0 Å². The van der Waals surface area contributed by atoms with Crippen molar-refractivity contribution in [2.45, 2.75) is 67.2 Å². The van der Waals surface area contributed by atoms with E-state index < -0.39 is 0 Å².